The lowest BCUT2D eigenvalue weighted by atomic mass is 10.1. The minimum absolute atomic E-state index is 0.0459. The van der Waals surface area contributed by atoms with Crippen molar-refractivity contribution in [3.05, 3.63) is 68.1 Å². The smallest absolute Gasteiger partial charge is 0.392 e. The van der Waals surface area contributed by atoms with Gasteiger partial charge in [-0.05, 0) is 48.7 Å². The average molecular weight is 832 g/mol. The van der Waals surface area contributed by atoms with Crippen molar-refractivity contribution in [2.45, 2.75) is 56.3 Å². The third kappa shape index (κ3) is 8.33. The molecule has 6 rings (SSSR count). The quantitative estimate of drug-likeness (QED) is 0.0940. The zero-order chi connectivity index (χ0) is 36.0. The summed E-state index contributed by atoms with van der Waals surface area (Å²) in [4.78, 5) is 26.0. The summed E-state index contributed by atoms with van der Waals surface area (Å²) >= 11 is 30.3. The zero-order valence-electron chi connectivity index (χ0n) is 26.0. The summed E-state index contributed by atoms with van der Waals surface area (Å²) in [7, 11) is -7.53. The number of hydrogen-bond donors (Lipinski definition) is 3. The zero-order valence-corrected chi connectivity index (χ0v) is 31.6. The Balaban J connectivity index is 1.23. The van der Waals surface area contributed by atoms with Gasteiger partial charge in [-0.1, -0.05) is 59.2 Å². The number of hydrogen-bond acceptors (Lipinski definition) is 12. The number of aromatic nitrogens is 4. The van der Waals surface area contributed by atoms with Gasteiger partial charge < -0.3 is 33.8 Å². The summed E-state index contributed by atoms with van der Waals surface area (Å²) in [6, 6.07) is 8.01. The van der Waals surface area contributed by atoms with Crippen LogP contribution in [0.5, 0.6) is 11.5 Å². The number of aliphatic hydroxyl groups excluding tert-OH is 2. The van der Waals surface area contributed by atoms with E-state index in [0.717, 1.165) is 25.7 Å². The van der Waals surface area contributed by atoms with Gasteiger partial charge in [0.2, 0.25) is 5.28 Å². The Labute approximate surface area is 311 Å². The molecule has 1 saturated carbocycles. The van der Waals surface area contributed by atoms with Crippen LogP contribution in [0.25, 0.3) is 11.2 Å². The second-order valence-corrected chi connectivity index (χ2v) is 18.0. The summed E-state index contributed by atoms with van der Waals surface area (Å²) in [5.41, 5.74) is 0.658. The predicted octanol–water partition coefficient (Wildman–Crippen LogP) is 7.60. The number of halogens is 5. The minimum Gasteiger partial charge on any atom is -0.424 e. The number of benzene rings is 2. The molecule has 2 aromatic carbocycles. The van der Waals surface area contributed by atoms with Crippen LogP contribution in [-0.4, -0.2) is 78.5 Å². The van der Waals surface area contributed by atoms with Gasteiger partial charge in [0.25, 0.3) is 0 Å². The van der Waals surface area contributed by atoms with Crippen LogP contribution in [0.2, 0.25) is 25.4 Å². The summed E-state index contributed by atoms with van der Waals surface area (Å²) in [5.74, 6) is -0.895. The van der Waals surface area contributed by atoms with Crippen molar-refractivity contribution in [3.8, 4) is 11.5 Å². The molecule has 0 radical (unpaired) electrons. The number of fused-ring (bicyclic) bond motifs is 1. The maximum atomic E-state index is 14.2. The van der Waals surface area contributed by atoms with Crippen LogP contribution in [0.4, 0.5) is 5.82 Å². The molecule has 1 saturated heterocycles. The predicted molar refractivity (Wildman–Crippen MR) is 189 cm³/mol. The second kappa shape index (κ2) is 15.2. The highest BCUT2D eigenvalue weighted by atomic mass is 35.5. The molecule has 1 aliphatic heterocycles. The van der Waals surface area contributed by atoms with Crippen LogP contribution in [0.3, 0.4) is 0 Å². The van der Waals surface area contributed by atoms with Crippen LogP contribution in [-0.2, 0) is 18.4 Å². The Hall–Kier alpha value is -1.90. The molecular formula is C29H30Cl5N5O9P2. The molecule has 0 amide bonds. The lowest BCUT2D eigenvalue weighted by Crippen LogP contribution is -2.33. The second-order valence-electron chi connectivity index (χ2n) is 11.8. The number of anilines is 1. The lowest BCUT2D eigenvalue weighted by Gasteiger charge is -2.25. The molecule has 4 aromatic rings. The van der Waals surface area contributed by atoms with Gasteiger partial charge in [0.1, 0.15) is 29.8 Å². The maximum absolute atomic E-state index is 14.2. The highest BCUT2D eigenvalue weighted by Crippen LogP contribution is 2.61. The third-order valence-electron chi connectivity index (χ3n) is 8.26. The van der Waals surface area contributed by atoms with E-state index in [-0.39, 0.29) is 48.6 Å². The monoisotopic (exact) mass is 829 g/mol. The molecule has 6 atom stereocenters. The Kier molecular flexibility index (Phi) is 11.5. The van der Waals surface area contributed by atoms with Gasteiger partial charge in [-0.3, -0.25) is 9.09 Å². The molecule has 3 heterocycles. The molecule has 14 nitrogen and oxygen atoms in total. The fourth-order valence-corrected chi connectivity index (χ4v) is 10.4. The third-order valence-corrected chi connectivity index (χ3v) is 14.2. The molecule has 0 spiro atoms. The Morgan fingerprint density at radius 3 is 2.16 bits per heavy atom. The van der Waals surface area contributed by atoms with Crippen LogP contribution in [0, 0.1) is 0 Å². The number of ether oxygens (including phenoxy) is 1. The van der Waals surface area contributed by atoms with E-state index in [9.17, 15) is 24.2 Å². The largest absolute Gasteiger partial charge is 0.424 e. The summed E-state index contributed by atoms with van der Waals surface area (Å²) < 4.78 is 51.3. The van der Waals surface area contributed by atoms with E-state index in [1.807, 2.05) is 11.9 Å². The molecular weight excluding hydrogens is 802 g/mol. The van der Waals surface area contributed by atoms with Crippen molar-refractivity contribution in [3.63, 3.8) is 0 Å². The molecule has 2 fully saturated rings. The van der Waals surface area contributed by atoms with E-state index in [0.29, 0.717) is 11.3 Å². The SMILES string of the molecule is CN(c1nc(Cl)nc2c1ncn2[C@@H]1O[C@H](COP(=O)(CP(=O)(O)Oc2ccc(Cl)c(Cl)c2)Oc2ccc(Cl)c(Cl)c2)[C@@H](O)[C@H]1O)C1CCCC1. The van der Waals surface area contributed by atoms with Gasteiger partial charge in [0.15, 0.2) is 29.1 Å². The Bertz CT molecular complexity index is 1990. The van der Waals surface area contributed by atoms with Gasteiger partial charge in [-0.25, -0.2) is 14.1 Å². The number of nitrogens with zero attached hydrogens (tertiary/aromatic N) is 5. The highest BCUT2D eigenvalue weighted by molar-refractivity contribution is 7.71. The van der Waals surface area contributed by atoms with Crippen molar-refractivity contribution in [2.24, 2.45) is 0 Å². The van der Waals surface area contributed by atoms with Crippen LogP contribution >= 0.6 is 73.2 Å². The fourth-order valence-electron chi connectivity index (χ4n) is 5.79. The fraction of sp³-hybridized carbons (Fsp3) is 0.414. The molecule has 2 aliphatic rings. The van der Waals surface area contributed by atoms with Crippen LogP contribution in [0.15, 0.2) is 42.7 Å². The molecule has 270 valence electrons. The van der Waals surface area contributed by atoms with Crippen LogP contribution in [0.1, 0.15) is 31.9 Å². The van der Waals surface area contributed by atoms with E-state index >= 15 is 0 Å². The Morgan fingerprint density at radius 1 is 0.920 bits per heavy atom. The first kappa shape index (κ1) is 37.8. The molecule has 3 N–H and O–H groups in total. The molecule has 1 aliphatic carbocycles. The van der Waals surface area contributed by atoms with E-state index in [2.05, 4.69) is 15.0 Å². The summed E-state index contributed by atoms with van der Waals surface area (Å²) in [6.45, 7) is -0.669. The first-order chi connectivity index (χ1) is 23.6. The maximum Gasteiger partial charge on any atom is 0.392 e. The van der Waals surface area contributed by atoms with Gasteiger partial charge in [0, 0.05) is 25.2 Å². The highest BCUT2D eigenvalue weighted by Gasteiger charge is 2.47. The van der Waals surface area contributed by atoms with Crippen molar-refractivity contribution in [1.29, 1.82) is 0 Å². The van der Waals surface area contributed by atoms with Gasteiger partial charge in [0.05, 0.1) is 33.0 Å². The number of imidazole rings is 1. The summed E-state index contributed by atoms with van der Waals surface area (Å²) in [6.07, 6.45) is -0.116. The first-order valence-corrected chi connectivity index (χ1v) is 20.5. The van der Waals surface area contributed by atoms with Crippen molar-refractivity contribution >= 4 is 90.2 Å². The average Bonchev–Trinajstić information content (AvgIpc) is 3.79. The molecule has 2 unspecified atom stereocenters. The van der Waals surface area contributed by atoms with E-state index in [1.165, 1.54) is 47.3 Å². The number of aliphatic hydroxyl groups is 2. The standard InChI is InChI=1S/C29H30Cl5N5O9P2/c1-38(15-4-2-3-5-15)26-23-27(37-29(34)36-26)39(13-35-23)28-25(41)24(40)22(46-28)12-45-50(44,48-17-7-9-19(31)21(33)11-17)14-49(42,43)47-16-6-8-18(30)20(32)10-16/h6-11,13,15,22,24-25,28,40-41H,2-5,12,14H2,1H3,(H,42,43)/t22-,24-,25-,28-,50?/m1/s1. The van der Waals surface area contributed by atoms with E-state index in [1.54, 1.807) is 0 Å². The van der Waals surface area contributed by atoms with E-state index in [4.69, 9.17) is 76.3 Å². The topological polar surface area (TPSA) is 179 Å². The summed E-state index contributed by atoms with van der Waals surface area (Å²) in [5, 5.41) is 22.5. The Morgan fingerprint density at radius 2 is 1.54 bits per heavy atom. The molecule has 50 heavy (non-hydrogen) atoms. The van der Waals surface area contributed by atoms with Gasteiger partial charge in [-0.2, -0.15) is 9.97 Å². The lowest BCUT2D eigenvalue weighted by molar-refractivity contribution is -0.0482. The molecule has 0 bridgehead atoms. The molecule has 21 heteroatoms. The van der Waals surface area contributed by atoms with Gasteiger partial charge >= 0.3 is 15.2 Å². The molecule has 2 aromatic heterocycles. The van der Waals surface area contributed by atoms with Crippen molar-refractivity contribution in [1.82, 2.24) is 19.5 Å². The van der Waals surface area contributed by atoms with Gasteiger partial charge in [-0.15, -0.1) is 0 Å². The minimum atomic E-state index is -4.79. The number of rotatable bonds is 12. The van der Waals surface area contributed by atoms with Crippen LogP contribution < -0.4 is 13.9 Å². The van der Waals surface area contributed by atoms with E-state index < -0.39 is 52.2 Å². The van der Waals surface area contributed by atoms with Crippen molar-refractivity contribution in [2.75, 3.05) is 24.5 Å². The normalized spacial score (nSPS) is 23.5. The first-order valence-electron chi connectivity index (χ1n) is 15.1. The van der Waals surface area contributed by atoms with Crippen molar-refractivity contribution < 1.29 is 42.5 Å².